The molecule has 0 aromatic heterocycles. The van der Waals surface area contributed by atoms with Crippen molar-refractivity contribution in [2.45, 2.75) is 13.3 Å². The smallest absolute Gasteiger partial charge is 0.367 e. The Bertz CT molecular complexity index is 146. The molecule has 0 aliphatic heterocycles. The third-order valence-corrected chi connectivity index (χ3v) is 2.21. The highest BCUT2D eigenvalue weighted by atomic mass is 31.1. The SMILES string of the molecule is CCOC[P+](=O)CCC(=O)O. The van der Waals surface area contributed by atoms with Gasteiger partial charge in [-0.25, -0.2) is 0 Å². The first kappa shape index (κ1) is 10.5. The lowest BCUT2D eigenvalue weighted by atomic mass is 10.5. The average Bonchev–Trinajstić information content (AvgIpc) is 1.97. The van der Waals surface area contributed by atoms with E-state index in [1.54, 1.807) is 6.92 Å². The van der Waals surface area contributed by atoms with E-state index in [2.05, 4.69) is 0 Å². The lowest BCUT2D eigenvalue weighted by molar-refractivity contribution is -0.136. The predicted octanol–water partition coefficient (Wildman–Crippen LogP) is 1.28. The number of carboxylic acid groups (broad SMARTS) is 1. The van der Waals surface area contributed by atoms with Crippen molar-refractivity contribution in [2.75, 3.05) is 19.1 Å². The summed E-state index contributed by atoms with van der Waals surface area (Å²) in [5.41, 5.74) is 0. The van der Waals surface area contributed by atoms with E-state index in [-0.39, 0.29) is 18.9 Å². The number of carbonyl (C=O) groups is 1. The van der Waals surface area contributed by atoms with Crippen LogP contribution in [0.5, 0.6) is 0 Å². The van der Waals surface area contributed by atoms with Gasteiger partial charge in [0.05, 0.1) is 6.42 Å². The van der Waals surface area contributed by atoms with Crippen LogP contribution in [0.25, 0.3) is 0 Å². The van der Waals surface area contributed by atoms with Gasteiger partial charge in [-0.1, -0.05) is 4.57 Å². The predicted molar refractivity (Wildman–Crippen MR) is 41.2 cm³/mol. The highest BCUT2D eigenvalue weighted by Crippen LogP contribution is 2.20. The Hall–Kier alpha value is -0.470. The molecule has 0 rings (SSSR count). The summed E-state index contributed by atoms with van der Waals surface area (Å²) in [5.74, 6) is -0.912. The summed E-state index contributed by atoms with van der Waals surface area (Å²) in [7, 11) is -1.47. The van der Waals surface area contributed by atoms with E-state index in [4.69, 9.17) is 9.84 Å². The van der Waals surface area contributed by atoms with Crippen molar-refractivity contribution in [3.8, 4) is 0 Å². The monoisotopic (exact) mass is 179 g/mol. The van der Waals surface area contributed by atoms with Crippen LogP contribution in [0.15, 0.2) is 0 Å². The van der Waals surface area contributed by atoms with E-state index < -0.39 is 13.8 Å². The van der Waals surface area contributed by atoms with E-state index in [0.29, 0.717) is 6.61 Å². The van der Waals surface area contributed by atoms with Crippen molar-refractivity contribution in [3.63, 3.8) is 0 Å². The van der Waals surface area contributed by atoms with Crippen LogP contribution in [0.1, 0.15) is 13.3 Å². The zero-order valence-electron chi connectivity index (χ0n) is 6.45. The molecule has 1 N–H and O–H groups in total. The van der Waals surface area contributed by atoms with Gasteiger partial charge in [0.25, 0.3) is 0 Å². The third kappa shape index (κ3) is 7.43. The molecule has 0 saturated carbocycles. The highest BCUT2D eigenvalue weighted by molar-refractivity contribution is 7.44. The minimum Gasteiger partial charge on any atom is -0.481 e. The number of rotatable bonds is 6. The van der Waals surface area contributed by atoms with Crippen molar-refractivity contribution < 1.29 is 19.2 Å². The Morgan fingerprint density at radius 1 is 1.64 bits per heavy atom. The first-order chi connectivity index (χ1) is 5.16. The second-order valence-corrected chi connectivity index (χ2v) is 3.64. The van der Waals surface area contributed by atoms with Crippen LogP contribution in [0.4, 0.5) is 0 Å². The molecule has 0 aromatic carbocycles. The van der Waals surface area contributed by atoms with Gasteiger partial charge >= 0.3 is 13.8 Å². The van der Waals surface area contributed by atoms with Crippen LogP contribution in [0.2, 0.25) is 0 Å². The van der Waals surface area contributed by atoms with Crippen LogP contribution in [0.3, 0.4) is 0 Å². The maximum Gasteiger partial charge on any atom is 0.367 e. The lowest BCUT2D eigenvalue weighted by Crippen LogP contribution is -1.98. The normalized spacial score (nSPS) is 11.2. The summed E-state index contributed by atoms with van der Waals surface area (Å²) >= 11 is 0. The Morgan fingerprint density at radius 2 is 2.27 bits per heavy atom. The van der Waals surface area contributed by atoms with E-state index in [1.807, 2.05) is 0 Å². The molecule has 0 spiro atoms. The molecule has 5 heteroatoms. The van der Waals surface area contributed by atoms with Crippen LogP contribution < -0.4 is 0 Å². The van der Waals surface area contributed by atoms with Crippen molar-refractivity contribution in [3.05, 3.63) is 0 Å². The van der Waals surface area contributed by atoms with Crippen LogP contribution in [-0.4, -0.2) is 30.2 Å². The molecule has 0 fully saturated rings. The van der Waals surface area contributed by atoms with Gasteiger partial charge in [-0.05, 0) is 6.92 Å². The van der Waals surface area contributed by atoms with Crippen LogP contribution in [-0.2, 0) is 14.1 Å². The van der Waals surface area contributed by atoms with Crippen molar-refractivity contribution in [2.24, 2.45) is 0 Å². The summed E-state index contributed by atoms with van der Waals surface area (Å²) in [4.78, 5) is 10.0. The molecular weight excluding hydrogens is 167 g/mol. The third-order valence-electron chi connectivity index (χ3n) is 1.01. The number of aliphatic carboxylic acids is 1. The maximum absolute atomic E-state index is 10.9. The van der Waals surface area contributed by atoms with Gasteiger partial charge in [0.15, 0.2) is 6.16 Å². The van der Waals surface area contributed by atoms with E-state index in [0.717, 1.165) is 0 Å². The minimum absolute atomic E-state index is 0.0394. The topological polar surface area (TPSA) is 63.6 Å². The van der Waals surface area contributed by atoms with Crippen LogP contribution in [0, 0.1) is 0 Å². The Kier molecular flexibility index (Phi) is 5.99. The molecule has 11 heavy (non-hydrogen) atoms. The van der Waals surface area contributed by atoms with Crippen molar-refractivity contribution in [1.29, 1.82) is 0 Å². The summed E-state index contributed by atoms with van der Waals surface area (Å²) in [6.45, 7) is 2.33. The molecule has 0 radical (unpaired) electrons. The number of carboxylic acids is 1. The fraction of sp³-hybridized carbons (Fsp3) is 0.833. The minimum atomic E-state index is -1.47. The molecule has 1 atom stereocenters. The first-order valence-corrected chi connectivity index (χ1v) is 5.01. The first-order valence-electron chi connectivity index (χ1n) is 3.38. The van der Waals surface area contributed by atoms with Crippen molar-refractivity contribution in [1.82, 2.24) is 0 Å². The summed E-state index contributed by atoms with van der Waals surface area (Å²) < 4.78 is 15.7. The zero-order valence-corrected chi connectivity index (χ0v) is 7.34. The fourth-order valence-corrected chi connectivity index (χ4v) is 1.43. The molecule has 0 saturated heterocycles. The number of hydrogen-bond donors (Lipinski definition) is 1. The fourth-order valence-electron chi connectivity index (χ4n) is 0.478. The molecule has 0 heterocycles. The molecule has 1 unspecified atom stereocenters. The molecule has 0 aromatic rings. The van der Waals surface area contributed by atoms with Crippen LogP contribution >= 0.6 is 7.80 Å². The van der Waals surface area contributed by atoms with E-state index >= 15 is 0 Å². The quantitative estimate of drug-likeness (QED) is 0.624. The van der Waals surface area contributed by atoms with Gasteiger partial charge in [0, 0.05) is 6.61 Å². The van der Waals surface area contributed by atoms with Gasteiger partial charge in [0.2, 0.25) is 6.35 Å². The molecule has 0 bridgehead atoms. The van der Waals surface area contributed by atoms with Gasteiger partial charge in [0.1, 0.15) is 0 Å². The Labute approximate surface area is 66.3 Å². The van der Waals surface area contributed by atoms with Gasteiger partial charge in [-0.15, -0.1) is 0 Å². The molecule has 0 aliphatic rings. The van der Waals surface area contributed by atoms with E-state index in [9.17, 15) is 9.36 Å². The second-order valence-electron chi connectivity index (χ2n) is 1.97. The number of ether oxygens (including phenoxy) is 1. The molecule has 0 amide bonds. The standard InChI is InChI=1S/C6H11O4P/c1-2-10-5-11(9)4-3-6(7)8/h2-5H2,1H3/p+1. The summed E-state index contributed by atoms with van der Waals surface area (Å²) in [5, 5.41) is 8.22. The largest absolute Gasteiger partial charge is 0.481 e. The second kappa shape index (κ2) is 6.25. The number of hydrogen-bond acceptors (Lipinski definition) is 3. The van der Waals surface area contributed by atoms with Gasteiger partial charge in [-0.3, -0.25) is 4.79 Å². The highest BCUT2D eigenvalue weighted by Gasteiger charge is 2.16. The molecule has 0 aliphatic carbocycles. The molecule has 4 nitrogen and oxygen atoms in total. The van der Waals surface area contributed by atoms with Crippen molar-refractivity contribution >= 4 is 13.8 Å². The lowest BCUT2D eigenvalue weighted by Gasteiger charge is -1.88. The Balaban J connectivity index is 3.30. The maximum atomic E-state index is 10.9. The average molecular weight is 179 g/mol. The molecule has 64 valence electrons. The molecular formula is C6H12O4P+. The Morgan fingerprint density at radius 3 is 2.73 bits per heavy atom. The zero-order chi connectivity index (χ0) is 8.69. The van der Waals surface area contributed by atoms with Gasteiger partial charge in [-0.2, -0.15) is 0 Å². The van der Waals surface area contributed by atoms with Gasteiger partial charge < -0.3 is 9.84 Å². The van der Waals surface area contributed by atoms with E-state index in [1.165, 1.54) is 0 Å². The summed E-state index contributed by atoms with van der Waals surface area (Å²) in [6, 6.07) is 0. The summed E-state index contributed by atoms with van der Waals surface area (Å²) in [6.07, 6.45) is 0.353.